The topological polar surface area (TPSA) is 362 Å². The van der Waals surface area contributed by atoms with Crippen LogP contribution in [0.15, 0.2) is 0 Å². The summed E-state index contributed by atoms with van der Waals surface area (Å²) in [6.07, 6.45) is 0. The fraction of sp³-hybridized carbons (Fsp3) is 0. The Morgan fingerprint density at radius 2 is 0.348 bits per heavy atom. The first-order valence-electron chi connectivity index (χ1n) is 1.95. The van der Waals surface area contributed by atoms with Crippen LogP contribution in [-0.4, -0.2) is 210 Å². The van der Waals surface area contributed by atoms with Crippen LogP contribution >= 0.6 is 24.8 Å². The first-order chi connectivity index (χ1) is 5.20. The van der Waals surface area contributed by atoms with Crippen molar-refractivity contribution in [3.05, 3.63) is 0 Å². The van der Waals surface area contributed by atoms with E-state index in [1.165, 1.54) is 0 Å². The van der Waals surface area contributed by atoms with Crippen molar-refractivity contribution < 1.29 is 75.9 Å². The summed E-state index contributed by atoms with van der Waals surface area (Å²) in [6.45, 7) is 0. The first-order valence-corrected chi connectivity index (χ1v) is 5.86. The van der Waals surface area contributed by atoms with Gasteiger partial charge in [0, 0.05) is 148 Å². The minimum absolute atomic E-state index is 0. The third-order valence-electron chi connectivity index (χ3n) is 0. The number of rotatable bonds is 0. The molecule has 18 N–H and O–H groups in total. The molecule has 15 nitrogen and oxygen atoms in total. The molecule has 0 aliphatic rings. The zero-order valence-electron chi connectivity index (χ0n) is 13.4. The van der Waals surface area contributed by atoms with Crippen LogP contribution in [0.3, 0.4) is 0 Å². The summed E-state index contributed by atoms with van der Waals surface area (Å²) in [4.78, 5) is 42.9. The minimum Gasteiger partial charge on any atom is -0.412 e. The molecule has 23 heteroatoms. The van der Waals surface area contributed by atoms with Gasteiger partial charge in [0.2, 0.25) is 0 Å². The summed E-state index contributed by atoms with van der Waals surface area (Å²) in [5.41, 5.74) is 0. The van der Waals surface area contributed by atoms with Gasteiger partial charge in [-0.1, -0.05) is 0 Å². The molecule has 0 saturated heterocycles. The van der Waals surface area contributed by atoms with E-state index in [0.717, 1.165) is 0 Å². The fourth-order valence-electron chi connectivity index (χ4n) is 0. The average molecular weight is 469 g/mol. The Morgan fingerprint density at radius 1 is 0.348 bits per heavy atom. The van der Waals surface area contributed by atoms with Gasteiger partial charge in [-0.05, 0) is 0 Å². The summed E-state index contributed by atoms with van der Waals surface area (Å²) in [6, 6.07) is 0. The molecule has 0 amide bonds. The van der Waals surface area contributed by atoms with Gasteiger partial charge in [0.25, 0.3) is 0 Å². The molecule has 0 rings (SSSR count). The second-order valence-electron chi connectivity index (χ2n) is 0.848. The van der Waals surface area contributed by atoms with Crippen LogP contribution in [0, 0.1) is 0 Å². The average Bonchev–Trinajstić information content (AvgIpc) is 1.54. The molecule has 0 atom stereocenters. The van der Waals surface area contributed by atoms with E-state index in [2.05, 4.69) is 0 Å². The van der Waals surface area contributed by atoms with Crippen LogP contribution in [0.4, 0.5) is 0 Å². The predicted molar refractivity (Wildman–Crippen MR) is 90.8 cm³/mol. The van der Waals surface area contributed by atoms with Crippen molar-refractivity contribution in [2.75, 3.05) is 0 Å². The predicted octanol–water partition coefficient (Wildman–Crippen LogP) is -8.77. The molecule has 0 aliphatic heterocycles. The SMILES string of the molecule is O.O.O.O.O.O.O=[PH](O)O.O=[PH](O)O.O=[PH](O)O.[Na].[Na].[Na].[Na].[Na]. The maximum absolute atomic E-state index is 8.74. The van der Waals surface area contributed by atoms with E-state index >= 15 is 0 Å². The molecule has 0 saturated carbocycles. The van der Waals surface area contributed by atoms with Crippen molar-refractivity contribution in [2.24, 2.45) is 0 Å². The normalized spacial score (nSPS) is 4.57. The summed E-state index contributed by atoms with van der Waals surface area (Å²) >= 11 is 0. The Bertz CT molecular complexity index is 127. The van der Waals surface area contributed by atoms with Crippen LogP contribution < -0.4 is 0 Å². The molecule has 23 heavy (non-hydrogen) atoms. The van der Waals surface area contributed by atoms with E-state index in [1.807, 2.05) is 0 Å². The van der Waals surface area contributed by atoms with E-state index in [-0.39, 0.29) is 181 Å². The summed E-state index contributed by atoms with van der Waals surface area (Å²) in [5.74, 6) is 0. The summed E-state index contributed by atoms with van der Waals surface area (Å²) < 4.78 is 26.2. The monoisotopic (exact) mass is 469 g/mol. The largest absolute Gasteiger partial charge is 0.412 e. The molecule has 0 aliphatic carbocycles. The van der Waals surface area contributed by atoms with Gasteiger partial charge in [0.15, 0.2) is 0 Å². The van der Waals surface area contributed by atoms with Gasteiger partial charge in [0.05, 0.1) is 0 Å². The van der Waals surface area contributed by atoms with Crippen molar-refractivity contribution in [2.45, 2.75) is 0 Å². The van der Waals surface area contributed by atoms with Crippen molar-refractivity contribution in [1.29, 1.82) is 0 Å². The molecule has 131 valence electrons. The van der Waals surface area contributed by atoms with Crippen LogP contribution in [0.1, 0.15) is 0 Å². The van der Waals surface area contributed by atoms with Crippen LogP contribution in [0.25, 0.3) is 0 Å². The Morgan fingerprint density at radius 3 is 0.348 bits per heavy atom. The van der Waals surface area contributed by atoms with Crippen molar-refractivity contribution >= 4 is 173 Å². The van der Waals surface area contributed by atoms with Crippen molar-refractivity contribution in [1.82, 2.24) is 0 Å². The molecule has 0 spiro atoms. The Hall–Kier alpha value is 5.21. The van der Waals surface area contributed by atoms with Gasteiger partial charge in [-0.15, -0.1) is 0 Å². The Labute approximate surface area is 244 Å². The van der Waals surface area contributed by atoms with E-state index in [4.69, 9.17) is 43.1 Å². The van der Waals surface area contributed by atoms with E-state index in [9.17, 15) is 0 Å². The van der Waals surface area contributed by atoms with E-state index < -0.39 is 24.8 Å². The Kier molecular flexibility index (Phi) is 416. The molecule has 0 heterocycles. The number of hydrogen-bond acceptors (Lipinski definition) is 3. The van der Waals surface area contributed by atoms with Crippen LogP contribution in [0.2, 0.25) is 0 Å². The first kappa shape index (κ1) is 103. The van der Waals surface area contributed by atoms with Gasteiger partial charge >= 0.3 is 24.8 Å². The third-order valence-corrected chi connectivity index (χ3v) is 0. The van der Waals surface area contributed by atoms with Crippen molar-refractivity contribution in [3.8, 4) is 0 Å². The quantitative estimate of drug-likeness (QED) is 0.145. The van der Waals surface area contributed by atoms with Crippen LogP contribution in [-0.2, 0) is 13.7 Å². The molecule has 0 aromatic rings. The maximum atomic E-state index is 8.74. The Balaban J connectivity index is -0.00000000355. The zero-order valence-corrected chi connectivity index (χ0v) is 26.4. The zero-order chi connectivity index (χ0) is 10.7. The van der Waals surface area contributed by atoms with Gasteiger partial charge in [0.1, 0.15) is 0 Å². The van der Waals surface area contributed by atoms with E-state index in [1.54, 1.807) is 0 Å². The second-order valence-corrected chi connectivity index (χ2v) is 2.54. The molecule has 0 aromatic heterocycles. The van der Waals surface area contributed by atoms with Crippen molar-refractivity contribution in [3.63, 3.8) is 0 Å². The molecular weight excluding hydrogens is 448 g/mol. The minimum atomic E-state index is -3.13. The maximum Gasteiger partial charge on any atom is 0.314 e. The summed E-state index contributed by atoms with van der Waals surface area (Å²) in [7, 11) is -9.39. The van der Waals surface area contributed by atoms with Crippen LogP contribution in [0.5, 0.6) is 0 Å². The standard InChI is InChI=1S/5Na.3H3O3P.6H2O/c;;;;;3*1-4(2)3;;;;;;/h;;;;;3*4H,(H2,1,2,3);6*1H2. The molecule has 0 unspecified atom stereocenters. The number of hydrogen-bond donors (Lipinski definition) is 6. The van der Waals surface area contributed by atoms with Gasteiger partial charge in [-0.2, -0.15) is 0 Å². The second kappa shape index (κ2) is 92.6. The summed E-state index contributed by atoms with van der Waals surface area (Å²) in [5, 5.41) is 0. The van der Waals surface area contributed by atoms with Gasteiger partial charge in [-0.3, -0.25) is 13.7 Å². The molecule has 0 aromatic carbocycles. The molecule has 0 bridgehead atoms. The fourth-order valence-corrected chi connectivity index (χ4v) is 0. The molecule has 0 fully saturated rings. The van der Waals surface area contributed by atoms with E-state index in [0.29, 0.717) is 0 Å². The molecular formula is H21Na5O15P3. The molecule has 5 radical (unpaired) electrons. The van der Waals surface area contributed by atoms with Gasteiger partial charge < -0.3 is 62.2 Å². The smallest absolute Gasteiger partial charge is 0.314 e. The van der Waals surface area contributed by atoms with Gasteiger partial charge in [-0.25, -0.2) is 0 Å². The third kappa shape index (κ3) is 637.